The Balaban J connectivity index is 2.29. The third-order valence-corrected chi connectivity index (χ3v) is 5.81. The summed E-state index contributed by atoms with van der Waals surface area (Å²) in [6.45, 7) is 3.73. The molecule has 0 unspecified atom stereocenters. The van der Waals surface area contributed by atoms with Crippen molar-refractivity contribution in [2.75, 3.05) is 0 Å². The van der Waals surface area contributed by atoms with E-state index in [0.29, 0.717) is 11.3 Å². The molecule has 1 atom stereocenters. The lowest BCUT2D eigenvalue weighted by molar-refractivity contribution is 0.558. The Hall–Kier alpha value is -1.51. The van der Waals surface area contributed by atoms with Gasteiger partial charge in [-0.25, -0.2) is 18.2 Å². The zero-order valence-corrected chi connectivity index (χ0v) is 12.7. The molecule has 0 radical (unpaired) electrons. The molecule has 108 valence electrons. The zero-order chi connectivity index (χ0) is 14.8. The number of thiophene rings is 1. The molecule has 2 N–H and O–H groups in total. The minimum atomic E-state index is -3.50. The van der Waals surface area contributed by atoms with Crippen LogP contribution in [-0.4, -0.2) is 24.7 Å². The van der Waals surface area contributed by atoms with Crippen LogP contribution in [0.5, 0.6) is 0 Å². The fourth-order valence-electron chi connectivity index (χ4n) is 1.50. The van der Waals surface area contributed by atoms with Gasteiger partial charge in [0.05, 0.1) is 5.69 Å². The van der Waals surface area contributed by atoms with Gasteiger partial charge in [-0.2, -0.15) is 5.10 Å². The molecule has 0 aliphatic rings. The third kappa shape index (κ3) is 3.33. The monoisotopic (exact) mass is 313 g/mol. The minimum Gasteiger partial charge on any atom is -0.268 e. The van der Waals surface area contributed by atoms with Crippen molar-refractivity contribution < 1.29 is 8.42 Å². The van der Waals surface area contributed by atoms with E-state index in [-0.39, 0.29) is 15.8 Å². The van der Waals surface area contributed by atoms with Gasteiger partial charge in [0.1, 0.15) is 4.21 Å². The largest absolute Gasteiger partial charge is 0.268 e. The smallest absolute Gasteiger partial charge is 0.264 e. The van der Waals surface area contributed by atoms with Crippen molar-refractivity contribution in [3.8, 4) is 11.3 Å². The van der Waals surface area contributed by atoms with Crippen molar-refractivity contribution in [1.29, 1.82) is 0 Å². The normalized spacial score (nSPS) is 13.3. The molecular weight excluding hydrogens is 298 g/mol. The Bertz CT molecular complexity index is 729. The van der Waals surface area contributed by atoms with Crippen LogP contribution < -0.4 is 10.3 Å². The molecule has 2 aromatic heterocycles. The molecular formula is C12H15N3O3S2. The number of hydrogen-bond acceptors (Lipinski definition) is 5. The molecule has 0 bridgehead atoms. The van der Waals surface area contributed by atoms with E-state index in [1.54, 1.807) is 17.5 Å². The number of aromatic amines is 1. The van der Waals surface area contributed by atoms with Gasteiger partial charge in [-0.15, -0.1) is 11.3 Å². The van der Waals surface area contributed by atoms with Crippen LogP contribution in [0.4, 0.5) is 0 Å². The molecule has 0 spiro atoms. The molecule has 8 heteroatoms. The molecule has 0 saturated carbocycles. The highest BCUT2D eigenvalue weighted by Crippen LogP contribution is 2.26. The fraction of sp³-hybridized carbons (Fsp3) is 0.333. The van der Waals surface area contributed by atoms with Crippen LogP contribution in [0.2, 0.25) is 0 Å². The first-order valence-electron chi connectivity index (χ1n) is 6.09. The van der Waals surface area contributed by atoms with Gasteiger partial charge in [0.15, 0.2) is 0 Å². The Morgan fingerprint density at radius 2 is 2.20 bits per heavy atom. The second-order valence-electron chi connectivity index (χ2n) is 4.39. The van der Waals surface area contributed by atoms with Crippen molar-refractivity contribution in [3.05, 3.63) is 33.9 Å². The first-order chi connectivity index (χ1) is 9.42. The van der Waals surface area contributed by atoms with Crippen molar-refractivity contribution >= 4 is 21.4 Å². The Kier molecular flexibility index (Phi) is 4.36. The summed E-state index contributed by atoms with van der Waals surface area (Å²) in [5.41, 5.74) is 0.900. The highest BCUT2D eigenvalue weighted by molar-refractivity contribution is 7.91. The fourth-order valence-corrected chi connectivity index (χ4v) is 4.02. The molecule has 2 aromatic rings. The summed E-state index contributed by atoms with van der Waals surface area (Å²) in [6, 6.07) is 4.35. The maximum Gasteiger partial charge on any atom is 0.264 e. The summed E-state index contributed by atoms with van der Waals surface area (Å²) in [4.78, 5) is 11.0. The van der Waals surface area contributed by atoms with E-state index in [0.717, 1.165) is 17.8 Å². The average molecular weight is 313 g/mol. The van der Waals surface area contributed by atoms with Crippen molar-refractivity contribution in [2.45, 2.75) is 30.5 Å². The number of nitrogens with zero attached hydrogens (tertiary/aromatic N) is 1. The lowest BCUT2D eigenvalue weighted by Gasteiger charge is -2.10. The van der Waals surface area contributed by atoms with Crippen LogP contribution in [0.25, 0.3) is 11.3 Å². The lowest BCUT2D eigenvalue weighted by Crippen LogP contribution is -2.31. The summed E-state index contributed by atoms with van der Waals surface area (Å²) in [7, 11) is -3.50. The highest BCUT2D eigenvalue weighted by Gasteiger charge is 2.19. The van der Waals surface area contributed by atoms with E-state index in [1.165, 1.54) is 6.07 Å². The minimum absolute atomic E-state index is 0.114. The second kappa shape index (κ2) is 5.86. The second-order valence-corrected chi connectivity index (χ2v) is 7.24. The topological polar surface area (TPSA) is 91.9 Å². The molecule has 0 fully saturated rings. The van der Waals surface area contributed by atoms with E-state index in [4.69, 9.17) is 0 Å². The lowest BCUT2D eigenvalue weighted by atomic mass is 10.2. The first-order valence-corrected chi connectivity index (χ1v) is 8.45. The predicted octanol–water partition coefficient (Wildman–Crippen LogP) is 1.58. The molecule has 0 aliphatic heterocycles. The molecule has 0 aliphatic carbocycles. The summed E-state index contributed by atoms with van der Waals surface area (Å²) >= 11 is 1.13. The van der Waals surface area contributed by atoms with Gasteiger partial charge in [0.2, 0.25) is 10.0 Å². The van der Waals surface area contributed by atoms with Gasteiger partial charge in [-0.05, 0) is 25.5 Å². The molecule has 2 heterocycles. The number of hydrogen-bond donors (Lipinski definition) is 2. The van der Waals surface area contributed by atoms with Gasteiger partial charge in [0, 0.05) is 23.1 Å². The van der Waals surface area contributed by atoms with Crippen molar-refractivity contribution in [2.24, 2.45) is 0 Å². The number of sulfonamides is 1. The third-order valence-electron chi connectivity index (χ3n) is 2.78. The molecule has 6 nitrogen and oxygen atoms in total. The summed E-state index contributed by atoms with van der Waals surface area (Å²) < 4.78 is 27.1. The Morgan fingerprint density at radius 3 is 2.80 bits per heavy atom. The maximum absolute atomic E-state index is 12.1. The average Bonchev–Trinajstić information content (AvgIpc) is 2.89. The summed E-state index contributed by atoms with van der Waals surface area (Å²) in [5, 5.41) is 7.90. The first kappa shape index (κ1) is 14.9. The zero-order valence-electron chi connectivity index (χ0n) is 11.1. The number of nitrogens with one attached hydrogen (secondary N) is 2. The molecule has 0 saturated heterocycles. The van der Waals surface area contributed by atoms with Crippen LogP contribution in [0.3, 0.4) is 0 Å². The molecule has 20 heavy (non-hydrogen) atoms. The summed E-state index contributed by atoms with van der Waals surface area (Å²) in [6.07, 6.45) is 0.721. The van der Waals surface area contributed by atoms with Gasteiger partial charge in [-0.3, -0.25) is 4.79 Å². The van der Waals surface area contributed by atoms with Gasteiger partial charge < -0.3 is 0 Å². The van der Waals surface area contributed by atoms with Crippen LogP contribution in [0.1, 0.15) is 20.3 Å². The molecule has 2 rings (SSSR count). The maximum atomic E-state index is 12.1. The van der Waals surface area contributed by atoms with Crippen LogP contribution in [0.15, 0.2) is 32.6 Å². The molecule has 0 aromatic carbocycles. The molecule has 0 amide bonds. The Labute approximate surface area is 120 Å². The van der Waals surface area contributed by atoms with E-state index in [9.17, 15) is 13.2 Å². The van der Waals surface area contributed by atoms with E-state index < -0.39 is 10.0 Å². The SMILES string of the molecule is CC[C@@H](C)NS(=O)(=O)c1cc(-c2ccc(=O)[nH]n2)cs1. The number of aromatic nitrogens is 2. The van der Waals surface area contributed by atoms with Crippen molar-refractivity contribution in [1.82, 2.24) is 14.9 Å². The van der Waals surface area contributed by atoms with Crippen LogP contribution >= 0.6 is 11.3 Å². The van der Waals surface area contributed by atoms with Crippen LogP contribution in [-0.2, 0) is 10.0 Å². The number of H-pyrrole nitrogens is 1. The quantitative estimate of drug-likeness (QED) is 0.876. The highest BCUT2D eigenvalue weighted by atomic mass is 32.2. The van der Waals surface area contributed by atoms with E-state index >= 15 is 0 Å². The van der Waals surface area contributed by atoms with Gasteiger partial charge in [0.25, 0.3) is 5.56 Å². The Morgan fingerprint density at radius 1 is 1.45 bits per heavy atom. The van der Waals surface area contributed by atoms with E-state index in [2.05, 4.69) is 14.9 Å². The van der Waals surface area contributed by atoms with Crippen molar-refractivity contribution in [3.63, 3.8) is 0 Å². The predicted molar refractivity (Wildman–Crippen MR) is 78.2 cm³/mol. The van der Waals surface area contributed by atoms with E-state index in [1.807, 2.05) is 13.8 Å². The van der Waals surface area contributed by atoms with Gasteiger partial charge >= 0.3 is 0 Å². The standard InChI is InChI=1S/C12H15N3O3S2/c1-3-8(2)15-20(17,18)12-6-9(7-19-12)10-4-5-11(16)14-13-10/h4-8,15H,3H2,1-2H3,(H,14,16)/t8-/m1/s1. The van der Waals surface area contributed by atoms with Crippen LogP contribution in [0, 0.1) is 0 Å². The number of rotatable bonds is 5. The van der Waals surface area contributed by atoms with Gasteiger partial charge in [-0.1, -0.05) is 6.92 Å². The summed E-state index contributed by atoms with van der Waals surface area (Å²) in [5.74, 6) is 0.